The van der Waals surface area contributed by atoms with Gasteiger partial charge in [0.2, 0.25) is 5.91 Å². The molecule has 1 N–H and O–H groups in total. The number of thioether (sulfide) groups is 1. The SMILES string of the molecule is CCc1ccc(NC(=O)C(C)Sc2nncn2-c2ccccc2C)cc1. The second-order valence-electron chi connectivity index (χ2n) is 6.07. The first-order valence-corrected chi connectivity index (χ1v) is 9.49. The lowest BCUT2D eigenvalue weighted by atomic mass is 10.1. The van der Waals surface area contributed by atoms with Crippen molar-refractivity contribution in [2.45, 2.75) is 37.6 Å². The third-order valence-corrected chi connectivity index (χ3v) is 5.23. The van der Waals surface area contributed by atoms with Crippen LogP contribution in [0.1, 0.15) is 25.0 Å². The first-order valence-electron chi connectivity index (χ1n) is 8.61. The van der Waals surface area contributed by atoms with Crippen LogP contribution in [0.2, 0.25) is 0 Å². The molecule has 0 bridgehead atoms. The van der Waals surface area contributed by atoms with Crippen molar-refractivity contribution in [2.24, 2.45) is 0 Å². The highest BCUT2D eigenvalue weighted by Crippen LogP contribution is 2.26. The zero-order valence-corrected chi connectivity index (χ0v) is 16.0. The molecule has 0 radical (unpaired) electrons. The van der Waals surface area contributed by atoms with Gasteiger partial charge in [-0.25, -0.2) is 0 Å². The van der Waals surface area contributed by atoms with E-state index < -0.39 is 0 Å². The molecule has 0 spiro atoms. The number of hydrogen-bond acceptors (Lipinski definition) is 4. The lowest BCUT2D eigenvalue weighted by Gasteiger charge is -2.13. The molecule has 1 heterocycles. The van der Waals surface area contributed by atoms with E-state index >= 15 is 0 Å². The van der Waals surface area contributed by atoms with Crippen LogP contribution in [0, 0.1) is 6.92 Å². The summed E-state index contributed by atoms with van der Waals surface area (Å²) in [6.07, 6.45) is 2.66. The summed E-state index contributed by atoms with van der Waals surface area (Å²) in [6, 6.07) is 16.0. The minimum Gasteiger partial charge on any atom is -0.325 e. The number of carbonyl (C=O) groups is 1. The Hall–Kier alpha value is -2.60. The van der Waals surface area contributed by atoms with Crippen molar-refractivity contribution in [3.63, 3.8) is 0 Å². The van der Waals surface area contributed by atoms with Crippen LogP contribution in [0.3, 0.4) is 0 Å². The Bertz CT molecular complexity index is 889. The summed E-state index contributed by atoms with van der Waals surface area (Å²) in [5.74, 6) is -0.0569. The van der Waals surface area contributed by atoms with Crippen molar-refractivity contribution in [3.8, 4) is 5.69 Å². The van der Waals surface area contributed by atoms with Crippen molar-refractivity contribution >= 4 is 23.4 Å². The van der Waals surface area contributed by atoms with E-state index in [1.165, 1.54) is 17.3 Å². The summed E-state index contributed by atoms with van der Waals surface area (Å²) < 4.78 is 1.92. The molecule has 3 rings (SSSR count). The number of benzene rings is 2. The monoisotopic (exact) mass is 366 g/mol. The molecule has 0 saturated carbocycles. The molecule has 3 aromatic rings. The number of anilines is 1. The Morgan fingerprint density at radius 1 is 1.19 bits per heavy atom. The van der Waals surface area contributed by atoms with E-state index in [9.17, 15) is 4.79 Å². The predicted molar refractivity (Wildman–Crippen MR) is 106 cm³/mol. The van der Waals surface area contributed by atoms with Crippen molar-refractivity contribution in [1.29, 1.82) is 0 Å². The quantitative estimate of drug-likeness (QED) is 0.662. The van der Waals surface area contributed by atoms with Crippen LogP contribution in [-0.4, -0.2) is 25.9 Å². The molecule has 134 valence electrons. The fourth-order valence-corrected chi connectivity index (χ4v) is 3.42. The van der Waals surface area contributed by atoms with Crippen LogP contribution in [0.4, 0.5) is 5.69 Å². The van der Waals surface area contributed by atoms with E-state index in [1.807, 2.05) is 66.9 Å². The van der Waals surface area contributed by atoms with E-state index in [0.717, 1.165) is 23.4 Å². The van der Waals surface area contributed by atoms with Gasteiger partial charge in [0, 0.05) is 5.69 Å². The number of aromatic nitrogens is 3. The summed E-state index contributed by atoms with van der Waals surface area (Å²) in [7, 11) is 0. The lowest BCUT2D eigenvalue weighted by molar-refractivity contribution is -0.115. The molecule has 0 saturated heterocycles. The van der Waals surface area contributed by atoms with Crippen LogP contribution in [0.15, 0.2) is 60.0 Å². The minimum atomic E-state index is -0.298. The van der Waals surface area contributed by atoms with Crippen molar-refractivity contribution in [3.05, 3.63) is 66.0 Å². The molecule has 0 aliphatic carbocycles. The Balaban J connectivity index is 1.70. The Morgan fingerprint density at radius 2 is 1.92 bits per heavy atom. The molecule has 1 amide bonds. The van der Waals surface area contributed by atoms with E-state index in [4.69, 9.17) is 0 Å². The smallest absolute Gasteiger partial charge is 0.237 e. The van der Waals surface area contributed by atoms with Gasteiger partial charge in [0.1, 0.15) is 6.33 Å². The second kappa shape index (κ2) is 8.19. The van der Waals surface area contributed by atoms with Crippen LogP contribution < -0.4 is 5.32 Å². The molecule has 1 atom stereocenters. The van der Waals surface area contributed by atoms with Crippen LogP contribution >= 0.6 is 11.8 Å². The standard InChI is InChI=1S/C20H22N4OS/c1-4-16-9-11-17(12-10-16)22-19(25)15(3)26-20-23-21-13-24(20)18-8-6-5-7-14(18)2/h5-13,15H,4H2,1-3H3,(H,22,25). The molecule has 1 unspecified atom stereocenters. The molecule has 0 fully saturated rings. The van der Waals surface area contributed by atoms with Gasteiger partial charge in [-0.2, -0.15) is 0 Å². The molecule has 0 aliphatic heterocycles. The summed E-state index contributed by atoms with van der Waals surface area (Å²) in [4.78, 5) is 12.5. The molecule has 26 heavy (non-hydrogen) atoms. The molecular weight excluding hydrogens is 344 g/mol. The maximum atomic E-state index is 12.5. The highest BCUT2D eigenvalue weighted by molar-refractivity contribution is 8.00. The average Bonchev–Trinajstić information content (AvgIpc) is 3.10. The zero-order chi connectivity index (χ0) is 18.5. The maximum Gasteiger partial charge on any atom is 0.237 e. The fraction of sp³-hybridized carbons (Fsp3) is 0.250. The largest absolute Gasteiger partial charge is 0.325 e. The first-order chi connectivity index (χ1) is 12.6. The fourth-order valence-electron chi connectivity index (χ4n) is 2.58. The van der Waals surface area contributed by atoms with E-state index in [2.05, 4.69) is 22.4 Å². The number of para-hydroxylation sites is 1. The molecule has 0 aliphatic rings. The summed E-state index contributed by atoms with van der Waals surface area (Å²) in [5, 5.41) is 11.6. The summed E-state index contributed by atoms with van der Waals surface area (Å²) in [6.45, 7) is 6.02. The topological polar surface area (TPSA) is 59.8 Å². The predicted octanol–water partition coefficient (Wildman–Crippen LogP) is 4.26. The van der Waals surface area contributed by atoms with E-state index in [0.29, 0.717) is 5.16 Å². The first kappa shape index (κ1) is 18.2. The van der Waals surface area contributed by atoms with Gasteiger partial charge in [0.05, 0.1) is 10.9 Å². The van der Waals surface area contributed by atoms with Gasteiger partial charge in [-0.15, -0.1) is 10.2 Å². The zero-order valence-electron chi connectivity index (χ0n) is 15.1. The summed E-state index contributed by atoms with van der Waals surface area (Å²) >= 11 is 1.39. The number of nitrogens with zero attached hydrogens (tertiary/aromatic N) is 3. The normalized spacial score (nSPS) is 12.0. The van der Waals surface area contributed by atoms with Crippen LogP contribution in [0.5, 0.6) is 0 Å². The number of aryl methyl sites for hydroxylation is 2. The number of rotatable bonds is 6. The van der Waals surface area contributed by atoms with E-state index in [1.54, 1.807) is 6.33 Å². The van der Waals surface area contributed by atoms with Gasteiger partial charge < -0.3 is 5.32 Å². The molecular formula is C20H22N4OS. The van der Waals surface area contributed by atoms with Gasteiger partial charge in [-0.1, -0.05) is 49.0 Å². The van der Waals surface area contributed by atoms with Crippen molar-refractivity contribution < 1.29 is 4.79 Å². The van der Waals surface area contributed by atoms with Crippen LogP contribution in [-0.2, 0) is 11.2 Å². The van der Waals surface area contributed by atoms with E-state index in [-0.39, 0.29) is 11.2 Å². The number of carbonyl (C=O) groups excluding carboxylic acids is 1. The average molecular weight is 366 g/mol. The number of nitrogens with one attached hydrogen (secondary N) is 1. The van der Waals surface area contributed by atoms with Gasteiger partial charge in [0.15, 0.2) is 5.16 Å². The van der Waals surface area contributed by atoms with Gasteiger partial charge >= 0.3 is 0 Å². The summed E-state index contributed by atoms with van der Waals surface area (Å²) in [5.41, 5.74) is 4.20. The van der Waals surface area contributed by atoms with Gasteiger partial charge in [-0.3, -0.25) is 9.36 Å². The maximum absolute atomic E-state index is 12.5. The van der Waals surface area contributed by atoms with Gasteiger partial charge in [0.25, 0.3) is 0 Å². The van der Waals surface area contributed by atoms with Gasteiger partial charge in [-0.05, 0) is 49.6 Å². The Morgan fingerprint density at radius 3 is 2.62 bits per heavy atom. The third-order valence-electron chi connectivity index (χ3n) is 4.17. The molecule has 5 nitrogen and oxygen atoms in total. The minimum absolute atomic E-state index is 0.0569. The molecule has 6 heteroatoms. The number of hydrogen-bond donors (Lipinski definition) is 1. The highest BCUT2D eigenvalue weighted by atomic mass is 32.2. The third kappa shape index (κ3) is 4.14. The molecule has 1 aromatic heterocycles. The Kier molecular flexibility index (Phi) is 5.73. The highest BCUT2D eigenvalue weighted by Gasteiger charge is 2.19. The van der Waals surface area contributed by atoms with Crippen molar-refractivity contribution in [2.75, 3.05) is 5.32 Å². The molecule has 2 aromatic carbocycles. The van der Waals surface area contributed by atoms with Crippen LogP contribution in [0.25, 0.3) is 5.69 Å². The number of amides is 1. The second-order valence-corrected chi connectivity index (χ2v) is 7.38. The van der Waals surface area contributed by atoms with Crippen molar-refractivity contribution in [1.82, 2.24) is 14.8 Å². The Labute approximate surface area is 157 Å². The lowest BCUT2D eigenvalue weighted by Crippen LogP contribution is -2.22.